The first kappa shape index (κ1) is 17.2. The first-order valence-corrected chi connectivity index (χ1v) is 8.21. The summed E-state index contributed by atoms with van der Waals surface area (Å²) in [6, 6.07) is 7.43. The second-order valence-corrected chi connectivity index (χ2v) is 6.17. The van der Waals surface area contributed by atoms with Crippen molar-refractivity contribution in [3.63, 3.8) is 0 Å². The predicted octanol–water partition coefficient (Wildman–Crippen LogP) is 1.85. The summed E-state index contributed by atoms with van der Waals surface area (Å²) in [4.78, 5) is 11.7. The quantitative estimate of drug-likeness (QED) is 0.457. The van der Waals surface area contributed by atoms with Gasteiger partial charge >= 0.3 is 0 Å². The van der Waals surface area contributed by atoms with Crippen LogP contribution in [-0.2, 0) is 0 Å². The Balaban J connectivity index is 1.78. The summed E-state index contributed by atoms with van der Waals surface area (Å²) in [5.74, 6) is 1.26. The largest absolute Gasteiger partial charge is 0.368 e. The molecule has 124 valence electrons. The maximum Gasteiger partial charge on any atom is 0.272 e. The molecule has 1 aromatic carbocycles. The van der Waals surface area contributed by atoms with Gasteiger partial charge in [0.1, 0.15) is 0 Å². The molecular weight excluding hydrogens is 310 g/mol. The maximum absolute atomic E-state index is 11.7. The van der Waals surface area contributed by atoms with Crippen LogP contribution >= 0.6 is 12.2 Å². The van der Waals surface area contributed by atoms with E-state index < -0.39 is 0 Å². The smallest absolute Gasteiger partial charge is 0.272 e. The molecule has 0 spiro atoms. The molecule has 0 atom stereocenters. The summed E-state index contributed by atoms with van der Waals surface area (Å²) in [7, 11) is 0. The van der Waals surface area contributed by atoms with Gasteiger partial charge in [-0.25, -0.2) is 5.10 Å². The van der Waals surface area contributed by atoms with Gasteiger partial charge in [0, 0.05) is 25.0 Å². The Labute approximate surface area is 141 Å². The summed E-state index contributed by atoms with van der Waals surface area (Å²) in [5, 5.41) is 18.4. The standard InChI is InChI=1S/C16H23N5OS/c1-11(2)10-19-16(23)18-9-5-8-17-14-12-6-3-4-7-13(12)15(22)21-20-14/h3-4,6-7,11H,5,8-10H2,1-2H3,(H,17,20)(H,21,22)(H2,18,19,23). The normalized spacial score (nSPS) is 10.7. The zero-order valence-electron chi connectivity index (χ0n) is 13.5. The van der Waals surface area contributed by atoms with Gasteiger partial charge in [0.15, 0.2) is 10.9 Å². The monoisotopic (exact) mass is 333 g/mol. The van der Waals surface area contributed by atoms with Crippen molar-refractivity contribution in [3.8, 4) is 0 Å². The molecule has 0 bridgehead atoms. The van der Waals surface area contributed by atoms with Crippen molar-refractivity contribution in [1.29, 1.82) is 0 Å². The molecule has 7 heteroatoms. The van der Waals surface area contributed by atoms with Crippen molar-refractivity contribution in [2.24, 2.45) is 5.92 Å². The summed E-state index contributed by atoms with van der Waals surface area (Å²) < 4.78 is 0. The lowest BCUT2D eigenvalue weighted by Gasteiger charge is -2.12. The van der Waals surface area contributed by atoms with Crippen molar-refractivity contribution in [2.45, 2.75) is 20.3 Å². The molecule has 0 aliphatic carbocycles. The number of aromatic amines is 1. The third-order valence-corrected chi connectivity index (χ3v) is 3.59. The number of fused-ring (bicyclic) bond motifs is 1. The van der Waals surface area contributed by atoms with E-state index in [2.05, 4.69) is 40.0 Å². The fourth-order valence-electron chi connectivity index (χ4n) is 2.11. The first-order chi connectivity index (χ1) is 11.1. The molecule has 0 aliphatic heterocycles. The number of aromatic nitrogens is 2. The predicted molar refractivity (Wildman–Crippen MR) is 98.9 cm³/mol. The van der Waals surface area contributed by atoms with Gasteiger partial charge in [-0.05, 0) is 30.6 Å². The van der Waals surface area contributed by atoms with E-state index >= 15 is 0 Å². The first-order valence-electron chi connectivity index (χ1n) is 7.81. The van der Waals surface area contributed by atoms with E-state index in [0.29, 0.717) is 22.2 Å². The molecule has 4 N–H and O–H groups in total. The Kier molecular flexibility index (Phi) is 6.34. The van der Waals surface area contributed by atoms with Crippen molar-refractivity contribution in [2.75, 3.05) is 25.0 Å². The number of nitrogens with one attached hydrogen (secondary N) is 4. The van der Waals surface area contributed by atoms with E-state index in [1.54, 1.807) is 6.07 Å². The molecule has 23 heavy (non-hydrogen) atoms. The summed E-state index contributed by atoms with van der Waals surface area (Å²) >= 11 is 5.20. The van der Waals surface area contributed by atoms with E-state index in [1.165, 1.54) is 0 Å². The Morgan fingerprint density at radius 1 is 1.22 bits per heavy atom. The molecular formula is C16H23N5OS. The van der Waals surface area contributed by atoms with Crippen LogP contribution in [0.3, 0.4) is 0 Å². The van der Waals surface area contributed by atoms with E-state index in [4.69, 9.17) is 12.2 Å². The lowest BCUT2D eigenvalue weighted by molar-refractivity contribution is 0.618. The minimum absolute atomic E-state index is 0.172. The Hall–Kier alpha value is -2.15. The van der Waals surface area contributed by atoms with Crippen molar-refractivity contribution in [3.05, 3.63) is 34.6 Å². The van der Waals surface area contributed by atoms with Crippen LogP contribution in [0, 0.1) is 5.92 Å². The third kappa shape index (κ3) is 5.21. The molecule has 2 rings (SSSR count). The van der Waals surface area contributed by atoms with Gasteiger partial charge in [-0.1, -0.05) is 32.0 Å². The molecule has 6 nitrogen and oxygen atoms in total. The number of H-pyrrole nitrogens is 1. The average molecular weight is 333 g/mol. The van der Waals surface area contributed by atoms with Gasteiger partial charge in [0.25, 0.3) is 5.56 Å². The lowest BCUT2D eigenvalue weighted by Crippen LogP contribution is -2.38. The fraction of sp³-hybridized carbons (Fsp3) is 0.438. The number of hydrogen-bond acceptors (Lipinski definition) is 4. The van der Waals surface area contributed by atoms with E-state index in [1.807, 2.05) is 18.2 Å². The van der Waals surface area contributed by atoms with Gasteiger partial charge in [-0.2, -0.15) is 5.10 Å². The molecule has 1 aromatic heterocycles. The van der Waals surface area contributed by atoms with Gasteiger partial charge < -0.3 is 16.0 Å². The van der Waals surface area contributed by atoms with Gasteiger partial charge in [0.05, 0.1) is 5.39 Å². The molecule has 0 unspecified atom stereocenters. The van der Waals surface area contributed by atoms with Crippen LogP contribution in [0.2, 0.25) is 0 Å². The van der Waals surface area contributed by atoms with E-state index in [0.717, 1.165) is 31.4 Å². The Morgan fingerprint density at radius 2 is 1.96 bits per heavy atom. The molecule has 0 saturated carbocycles. The minimum Gasteiger partial charge on any atom is -0.368 e. The highest BCUT2D eigenvalue weighted by Crippen LogP contribution is 2.16. The van der Waals surface area contributed by atoms with Crippen LogP contribution in [0.5, 0.6) is 0 Å². The van der Waals surface area contributed by atoms with Gasteiger partial charge in [-0.15, -0.1) is 0 Å². The summed E-state index contributed by atoms with van der Waals surface area (Å²) in [6.07, 6.45) is 0.888. The molecule has 0 radical (unpaired) electrons. The van der Waals surface area contributed by atoms with Crippen molar-refractivity contribution < 1.29 is 0 Å². The number of benzene rings is 1. The van der Waals surface area contributed by atoms with Crippen LogP contribution in [0.15, 0.2) is 29.1 Å². The molecule has 0 aliphatic rings. The van der Waals surface area contributed by atoms with Crippen molar-refractivity contribution in [1.82, 2.24) is 20.8 Å². The second-order valence-electron chi connectivity index (χ2n) is 5.76. The number of anilines is 1. The molecule has 0 amide bonds. The van der Waals surface area contributed by atoms with E-state index in [-0.39, 0.29) is 5.56 Å². The number of nitrogens with zero attached hydrogens (tertiary/aromatic N) is 1. The molecule has 1 heterocycles. The Bertz CT molecular complexity index is 713. The lowest BCUT2D eigenvalue weighted by atomic mass is 10.2. The highest BCUT2D eigenvalue weighted by Gasteiger charge is 2.04. The highest BCUT2D eigenvalue weighted by molar-refractivity contribution is 7.80. The zero-order chi connectivity index (χ0) is 16.7. The van der Waals surface area contributed by atoms with Crippen molar-refractivity contribution >= 4 is 33.9 Å². The minimum atomic E-state index is -0.172. The highest BCUT2D eigenvalue weighted by atomic mass is 32.1. The molecule has 2 aromatic rings. The number of hydrogen-bond donors (Lipinski definition) is 4. The fourth-order valence-corrected chi connectivity index (χ4v) is 2.29. The zero-order valence-corrected chi connectivity index (χ0v) is 14.3. The SMILES string of the molecule is CC(C)CNC(=S)NCCCNc1n[nH]c(=O)c2ccccc12. The van der Waals surface area contributed by atoms with Crippen LogP contribution in [0.25, 0.3) is 10.8 Å². The average Bonchev–Trinajstić information content (AvgIpc) is 2.55. The Morgan fingerprint density at radius 3 is 2.70 bits per heavy atom. The molecule has 0 fully saturated rings. The van der Waals surface area contributed by atoms with Crippen LogP contribution in [0.1, 0.15) is 20.3 Å². The van der Waals surface area contributed by atoms with Crippen LogP contribution in [0.4, 0.5) is 5.82 Å². The molecule has 0 saturated heterocycles. The summed E-state index contributed by atoms with van der Waals surface area (Å²) in [5.41, 5.74) is -0.172. The third-order valence-electron chi connectivity index (χ3n) is 3.30. The summed E-state index contributed by atoms with van der Waals surface area (Å²) in [6.45, 7) is 6.67. The number of thiocarbonyl (C=S) groups is 1. The van der Waals surface area contributed by atoms with Gasteiger partial charge in [-0.3, -0.25) is 4.79 Å². The van der Waals surface area contributed by atoms with E-state index in [9.17, 15) is 4.79 Å². The van der Waals surface area contributed by atoms with Crippen LogP contribution in [-0.4, -0.2) is 34.9 Å². The van der Waals surface area contributed by atoms with Gasteiger partial charge in [0.2, 0.25) is 0 Å². The van der Waals surface area contributed by atoms with Crippen LogP contribution < -0.4 is 21.5 Å². The topological polar surface area (TPSA) is 81.8 Å². The number of rotatable bonds is 7. The second kappa shape index (κ2) is 8.47. The maximum atomic E-state index is 11.7.